The summed E-state index contributed by atoms with van der Waals surface area (Å²) in [5.41, 5.74) is -0.594. The summed E-state index contributed by atoms with van der Waals surface area (Å²) in [7, 11) is 0. The number of aromatic carboxylic acids is 1. The Morgan fingerprint density at radius 2 is 1.84 bits per heavy atom. The summed E-state index contributed by atoms with van der Waals surface area (Å²) in [5.74, 6) is -4.44. The molecular weight excluding hydrogens is 445 g/mol. The summed E-state index contributed by atoms with van der Waals surface area (Å²) in [5, 5.41) is 21.6. The van der Waals surface area contributed by atoms with Gasteiger partial charge in [-0.15, -0.1) is 11.3 Å². The van der Waals surface area contributed by atoms with Crippen molar-refractivity contribution < 1.29 is 29.0 Å². The smallest absolute Gasteiger partial charge is 0.335 e. The van der Waals surface area contributed by atoms with E-state index in [1.165, 1.54) is 36.4 Å². The highest BCUT2D eigenvalue weighted by Crippen LogP contribution is 2.45. The van der Waals surface area contributed by atoms with Gasteiger partial charge in [0.2, 0.25) is 5.78 Å². The van der Waals surface area contributed by atoms with Crippen LogP contribution < -0.4 is 4.90 Å². The number of nitrogens with zero attached hydrogens (tertiary/aromatic N) is 1. The minimum atomic E-state index is -1.34. The molecule has 1 amide bonds. The third-order valence-corrected chi connectivity index (χ3v) is 6.04. The molecule has 1 aliphatic heterocycles. The lowest BCUT2D eigenvalue weighted by Crippen LogP contribution is -2.32. The van der Waals surface area contributed by atoms with Crippen molar-refractivity contribution in [3.05, 3.63) is 98.2 Å². The van der Waals surface area contributed by atoms with Crippen LogP contribution in [0.25, 0.3) is 0 Å². The molecule has 9 heteroatoms. The van der Waals surface area contributed by atoms with E-state index in [1.807, 2.05) is 0 Å². The molecule has 2 aromatic carbocycles. The van der Waals surface area contributed by atoms with Crippen molar-refractivity contribution in [2.75, 3.05) is 4.90 Å². The average molecular weight is 458 g/mol. The van der Waals surface area contributed by atoms with Gasteiger partial charge in [0.05, 0.1) is 32.8 Å². The number of anilines is 1. The molecule has 6 nitrogen and oxygen atoms in total. The molecule has 0 saturated carbocycles. The number of ketones is 1. The van der Waals surface area contributed by atoms with Crippen LogP contribution in [0.4, 0.5) is 10.1 Å². The Morgan fingerprint density at radius 1 is 1.10 bits per heavy atom. The zero-order chi connectivity index (χ0) is 22.3. The molecule has 2 N–H and O–H groups in total. The highest BCUT2D eigenvalue weighted by Gasteiger charge is 2.46. The van der Waals surface area contributed by atoms with Gasteiger partial charge < -0.3 is 10.2 Å². The van der Waals surface area contributed by atoms with Crippen molar-refractivity contribution in [3.8, 4) is 0 Å². The zero-order valence-electron chi connectivity index (χ0n) is 15.6. The van der Waals surface area contributed by atoms with E-state index in [-0.39, 0.29) is 32.3 Å². The number of amides is 1. The number of hydrogen-bond donors (Lipinski definition) is 2. The van der Waals surface area contributed by atoms with E-state index in [1.54, 1.807) is 11.4 Å². The van der Waals surface area contributed by atoms with Crippen molar-refractivity contribution in [2.24, 2.45) is 0 Å². The fourth-order valence-corrected chi connectivity index (χ4v) is 4.33. The molecule has 4 rings (SSSR count). The molecule has 0 aliphatic carbocycles. The molecule has 0 fully saturated rings. The predicted octanol–water partition coefficient (Wildman–Crippen LogP) is 5.02. The van der Waals surface area contributed by atoms with Crippen molar-refractivity contribution >= 4 is 46.3 Å². The maximum atomic E-state index is 14.8. The monoisotopic (exact) mass is 457 g/mol. The zero-order valence-corrected chi connectivity index (χ0v) is 17.2. The first-order valence-corrected chi connectivity index (χ1v) is 10.2. The van der Waals surface area contributed by atoms with Crippen LogP contribution in [0.1, 0.15) is 31.6 Å². The molecule has 0 spiro atoms. The molecule has 1 unspecified atom stereocenters. The van der Waals surface area contributed by atoms with E-state index in [0.29, 0.717) is 0 Å². The molecule has 156 valence electrons. The Labute approximate surface area is 184 Å². The number of hydrogen-bond acceptors (Lipinski definition) is 5. The van der Waals surface area contributed by atoms with Crippen LogP contribution in [0, 0.1) is 5.82 Å². The SMILES string of the molecule is O=C(O)c1ccc(Cl)c(N2C(=O)C(O)=C(C(=O)c3cccs3)C2c2ccccc2F)c1. The molecule has 1 atom stereocenters. The second-order valence-corrected chi connectivity index (χ2v) is 7.99. The number of carbonyl (C=O) groups excluding carboxylic acids is 2. The minimum Gasteiger partial charge on any atom is -0.503 e. The lowest BCUT2D eigenvalue weighted by atomic mass is 9.94. The molecule has 1 aliphatic rings. The molecule has 1 aromatic heterocycles. The molecule has 0 radical (unpaired) electrons. The standard InChI is InChI=1S/C22H13ClFNO5S/c23-13-8-7-11(22(29)30)10-15(13)25-18(12-4-1-2-5-14(12)24)17(20(27)21(25)28)19(26)16-6-3-9-31-16/h1-10,18,27H,(H,29,30). The number of aliphatic hydroxyl groups excluding tert-OH is 1. The number of aliphatic hydroxyl groups is 1. The third kappa shape index (κ3) is 3.49. The van der Waals surface area contributed by atoms with Gasteiger partial charge in [0.15, 0.2) is 5.76 Å². The quantitative estimate of drug-likeness (QED) is 0.524. The number of rotatable bonds is 5. The second kappa shape index (κ2) is 7.98. The Balaban J connectivity index is 1.95. The molecular formula is C22H13ClFNO5S. The fraction of sp³-hybridized carbons (Fsp3) is 0.0455. The van der Waals surface area contributed by atoms with E-state index in [2.05, 4.69) is 0 Å². The Hall–Kier alpha value is -3.49. The van der Waals surface area contributed by atoms with Crippen LogP contribution >= 0.6 is 22.9 Å². The van der Waals surface area contributed by atoms with Gasteiger partial charge in [0.25, 0.3) is 5.91 Å². The van der Waals surface area contributed by atoms with E-state index in [0.717, 1.165) is 28.4 Å². The number of carboxylic acid groups (broad SMARTS) is 1. The van der Waals surface area contributed by atoms with Gasteiger partial charge in [0.1, 0.15) is 5.82 Å². The molecule has 3 aromatic rings. The largest absolute Gasteiger partial charge is 0.503 e. The Kier molecular flexibility index (Phi) is 5.34. The normalized spacial score (nSPS) is 16.1. The van der Waals surface area contributed by atoms with Gasteiger partial charge in [-0.25, -0.2) is 9.18 Å². The molecule has 2 heterocycles. The van der Waals surface area contributed by atoms with Gasteiger partial charge in [0, 0.05) is 5.56 Å². The lowest BCUT2D eigenvalue weighted by molar-refractivity contribution is -0.117. The second-order valence-electron chi connectivity index (χ2n) is 6.64. The predicted molar refractivity (Wildman–Crippen MR) is 113 cm³/mol. The highest BCUT2D eigenvalue weighted by atomic mass is 35.5. The van der Waals surface area contributed by atoms with Crippen molar-refractivity contribution in [1.29, 1.82) is 0 Å². The Morgan fingerprint density at radius 3 is 2.48 bits per heavy atom. The number of benzene rings is 2. The van der Waals surface area contributed by atoms with E-state index in [9.17, 15) is 29.0 Å². The van der Waals surface area contributed by atoms with E-state index < -0.39 is 35.3 Å². The summed E-state index contributed by atoms with van der Waals surface area (Å²) in [4.78, 5) is 38.9. The Bertz CT molecular complexity index is 1250. The average Bonchev–Trinajstić information content (AvgIpc) is 3.36. The van der Waals surface area contributed by atoms with Gasteiger partial charge in [-0.1, -0.05) is 35.9 Å². The van der Waals surface area contributed by atoms with E-state index in [4.69, 9.17) is 11.6 Å². The fourth-order valence-electron chi connectivity index (χ4n) is 3.45. The number of carboxylic acids is 1. The lowest BCUT2D eigenvalue weighted by Gasteiger charge is -2.28. The summed E-state index contributed by atoms with van der Waals surface area (Å²) in [6.07, 6.45) is 0. The first kappa shape index (κ1) is 20.8. The maximum Gasteiger partial charge on any atom is 0.335 e. The third-order valence-electron chi connectivity index (χ3n) is 4.85. The van der Waals surface area contributed by atoms with Gasteiger partial charge in [-0.05, 0) is 35.7 Å². The van der Waals surface area contributed by atoms with Crippen LogP contribution in [0.3, 0.4) is 0 Å². The summed E-state index contributed by atoms with van der Waals surface area (Å²) in [6.45, 7) is 0. The number of Topliss-reactive ketones (excluding diaryl/α,β-unsaturated/α-hetero) is 1. The maximum absolute atomic E-state index is 14.8. The number of halogens is 2. The summed E-state index contributed by atoms with van der Waals surface area (Å²) in [6, 6.07) is 11.0. The van der Waals surface area contributed by atoms with Crippen LogP contribution in [-0.2, 0) is 4.79 Å². The van der Waals surface area contributed by atoms with Crippen molar-refractivity contribution in [1.82, 2.24) is 0 Å². The van der Waals surface area contributed by atoms with Gasteiger partial charge in [-0.2, -0.15) is 0 Å². The van der Waals surface area contributed by atoms with Crippen LogP contribution in [-0.4, -0.2) is 27.9 Å². The molecule has 0 saturated heterocycles. The summed E-state index contributed by atoms with van der Waals surface area (Å²) >= 11 is 7.36. The van der Waals surface area contributed by atoms with Crippen molar-refractivity contribution in [2.45, 2.75) is 6.04 Å². The summed E-state index contributed by atoms with van der Waals surface area (Å²) < 4.78 is 14.8. The van der Waals surface area contributed by atoms with Crippen LogP contribution in [0.5, 0.6) is 0 Å². The van der Waals surface area contributed by atoms with Crippen molar-refractivity contribution in [3.63, 3.8) is 0 Å². The minimum absolute atomic E-state index is 0.00249. The number of thiophene rings is 1. The topological polar surface area (TPSA) is 94.9 Å². The highest BCUT2D eigenvalue weighted by molar-refractivity contribution is 7.12. The first-order valence-electron chi connectivity index (χ1n) is 8.93. The molecule has 31 heavy (non-hydrogen) atoms. The van der Waals surface area contributed by atoms with Crippen LogP contribution in [0.15, 0.2) is 71.3 Å². The molecule has 0 bridgehead atoms. The number of carbonyl (C=O) groups is 3. The van der Waals surface area contributed by atoms with Gasteiger partial charge >= 0.3 is 5.97 Å². The van der Waals surface area contributed by atoms with Crippen LogP contribution in [0.2, 0.25) is 5.02 Å². The van der Waals surface area contributed by atoms with E-state index >= 15 is 0 Å². The first-order chi connectivity index (χ1) is 14.8. The van der Waals surface area contributed by atoms with Gasteiger partial charge in [-0.3, -0.25) is 14.5 Å².